The van der Waals surface area contributed by atoms with Gasteiger partial charge in [0.15, 0.2) is 0 Å². The van der Waals surface area contributed by atoms with Crippen molar-refractivity contribution in [1.82, 2.24) is 15.1 Å². The Morgan fingerprint density at radius 2 is 2.05 bits per heavy atom. The summed E-state index contributed by atoms with van der Waals surface area (Å²) in [6.07, 6.45) is 1.07. The molecule has 2 aromatic rings. The van der Waals surface area contributed by atoms with Crippen molar-refractivity contribution >= 4 is 11.6 Å². The molecule has 0 aliphatic carbocycles. The maximum Gasteiger partial charge on any atom is 0.0663 e. The van der Waals surface area contributed by atoms with Gasteiger partial charge in [0, 0.05) is 22.3 Å². The van der Waals surface area contributed by atoms with Crippen molar-refractivity contribution in [3.63, 3.8) is 0 Å². The zero-order valence-corrected chi connectivity index (χ0v) is 14.0. The molecule has 0 spiro atoms. The number of halogens is 1. The van der Waals surface area contributed by atoms with Crippen LogP contribution in [-0.4, -0.2) is 16.3 Å². The third-order valence-electron chi connectivity index (χ3n) is 3.87. The second-order valence-electron chi connectivity index (χ2n) is 5.39. The average molecular weight is 306 g/mol. The van der Waals surface area contributed by atoms with E-state index in [2.05, 4.69) is 43.8 Å². The first-order valence-corrected chi connectivity index (χ1v) is 7.96. The molecule has 1 unspecified atom stereocenters. The Bertz CT molecular complexity index is 604. The second-order valence-corrected chi connectivity index (χ2v) is 5.83. The van der Waals surface area contributed by atoms with Crippen molar-refractivity contribution in [3.8, 4) is 0 Å². The van der Waals surface area contributed by atoms with Crippen LogP contribution in [0.5, 0.6) is 0 Å². The molecule has 1 aromatic heterocycles. The van der Waals surface area contributed by atoms with E-state index in [0.717, 1.165) is 30.2 Å². The van der Waals surface area contributed by atoms with Crippen molar-refractivity contribution in [2.24, 2.45) is 0 Å². The molecule has 0 saturated carbocycles. The van der Waals surface area contributed by atoms with Crippen molar-refractivity contribution < 1.29 is 0 Å². The predicted octanol–water partition coefficient (Wildman–Crippen LogP) is 4.26. The number of hydrogen-bond acceptors (Lipinski definition) is 2. The molecule has 0 aliphatic rings. The van der Waals surface area contributed by atoms with Crippen molar-refractivity contribution in [2.45, 2.75) is 46.7 Å². The Kier molecular flexibility index (Phi) is 5.43. The summed E-state index contributed by atoms with van der Waals surface area (Å²) in [5.41, 5.74) is 4.86. The Morgan fingerprint density at radius 1 is 1.29 bits per heavy atom. The largest absolute Gasteiger partial charge is 0.310 e. The molecule has 21 heavy (non-hydrogen) atoms. The smallest absolute Gasteiger partial charge is 0.0663 e. The quantitative estimate of drug-likeness (QED) is 0.864. The van der Waals surface area contributed by atoms with Crippen LogP contribution in [0.3, 0.4) is 0 Å². The Balaban J connectivity index is 2.30. The molecule has 2 rings (SSSR count). The molecule has 4 heteroatoms. The molecule has 0 radical (unpaired) electrons. The third-order valence-corrected chi connectivity index (χ3v) is 4.10. The van der Waals surface area contributed by atoms with Crippen LogP contribution < -0.4 is 5.32 Å². The standard InChI is InChI=1S/C17H24ClN3/c1-5-16(19-6-2)17-12(3)20-21(13(17)4)11-14-8-7-9-15(18)10-14/h7-10,16,19H,5-6,11H2,1-4H3. The van der Waals surface area contributed by atoms with Crippen LogP contribution in [0.2, 0.25) is 5.02 Å². The van der Waals surface area contributed by atoms with Gasteiger partial charge in [0.2, 0.25) is 0 Å². The minimum atomic E-state index is 0.378. The van der Waals surface area contributed by atoms with E-state index in [4.69, 9.17) is 16.7 Å². The highest BCUT2D eigenvalue weighted by molar-refractivity contribution is 6.30. The van der Waals surface area contributed by atoms with Crippen molar-refractivity contribution in [2.75, 3.05) is 6.54 Å². The first-order valence-electron chi connectivity index (χ1n) is 7.58. The van der Waals surface area contributed by atoms with E-state index in [-0.39, 0.29) is 0 Å². The molecule has 0 fully saturated rings. The molecule has 0 bridgehead atoms. The first kappa shape index (κ1) is 16.1. The monoisotopic (exact) mass is 305 g/mol. The van der Waals surface area contributed by atoms with Crippen LogP contribution in [-0.2, 0) is 6.54 Å². The van der Waals surface area contributed by atoms with Gasteiger partial charge in [-0.15, -0.1) is 0 Å². The van der Waals surface area contributed by atoms with Gasteiger partial charge >= 0.3 is 0 Å². The molecule has 1 aromatic carbocycles. The summed E-state index contributed by atoms with van der Waals surface area (Å²) in [7, 11) is 0. The van der Waals surface area contributed by atoms with E-state index >= 15 is 0 Å². The third kappa shape index (κ3) is 3.66. The fraction of sp³-hybridized carbons (Fsp3) is 0.471. The average Bonchev–Trinajstić information content (AvgIpc) is 2.71. The van der Waals surface area contributed by atoms with E-state index in [1.807, 2.05) is 18.2 Å². The highest BCUT2D eigenvalue weighted by Crippen LogP contribution is 2.25. The second kappa shape index (κ2) is 7.10. The topological polar surface area (TPSA) is 29.9 Å². The van der Waals surface area contributed by atoms with E-state index in [9.17, 15) is 0 Å². The summed E-state index contributed by atoms with van der Waals surface area (Å²) in [6, 6.07) is 8.35. The van der Waals surface area contributed by atoms with Crippen molar-refractivity contribution in [3.05, 3.63) is 51.8 Å². The maximum atomic E-state index is 6.06. The fourth-order valence-electron chi connectivity index (χ4n) is 2.87. The normalized spacial score (nSPS) is 12.6. The van der Waals surface area contributed by atoms with E-state index in [1.54, 1.807) is 0 Å². The summed E-state index contributed by atoms with van der Waals surface area (Å²) >= 11 is 6.06. The Labute approximate surface area is 132 Å². The van der Waals surface area contributed by atoms with E-state index in [1.165, 1.54) is 16.8 Å². The molecule has 1 heterocycles. The predicted molar refractivity (Wildman–Crippen MR) is 89.0 cm³/mol. The highest BCUT2D eigenvalue weighted by Gasteiger charge is 2.18. The van der Waals surface area contributed by atoms with Crippen molar-refractivity contribution in [1.29, 1.82) is 0 Å². The van der Waals surface area contributed by atoms with Gasteiger partial charge in [-0.1, -0.05) is 37.6 Å². The first-order chi connectivity index (χ1) is 10.1. The number of hydrogen-bond donors (Lipinski definition) is 1. The number of nitrogens with one attached hydrogen (secondary N) is 1. The van der Waals surface area contributed by atoms with E-state index in [0.29, 0.717) is 6.04 Å². The fourth-order valence-corrected chi connectivity index (χ4v) is 3.09. The van der Waals surface area contributed by atoms with Gasteiger partial charge in [0.05, 0.1) is 12.2 Å². The minimum absolute atomic E-state index is 0.378. The lowest BCUT2D eigenvalue weighted by molar-refractivity contribution is 0.531. The zero-order chi connectivity index (χ0) is 15.4. The molecule has 0 saturated heterocycles. The summed E-state index contributed by atoms with van der Waals surface area (Å²) in [4.78, 5) is 0. The molecule has 3 nitrogen and oxygen atoms in total. The van der Waals surface area contributed by atoms with Gasteiger partial charge < -0.3 is 5.32 Å². The van der Waals surface area contributed by atoms with Gasteiger partial charge in [-0.2, -0.15) is 5.10 Å². The summed E-state index contributed by atoms with van der Waals surface area (Å²) in [5.74, 6) is 0. The van der Waals surface area contributed by atoms with Crippen LogP contribution in [0.1, 0.15) is 48.8 Å². The molecule has 1 atom stereocenters. The van der Waals surface area contributed by atoms with Gasteiger partial charge in [-0.25, -0.2) is 0 Å². The minimum Gasteiger partial charge on any atom is -0.310 e. The number of aryl methyl sites for hydroxylation is 1. The summed E-state index contributed by atoms with van der Waals surface area (Å²) < 4.78 is 2.08. The molecule has 0 aliphatic heterocycles. The van der Waals surface area contributed by atoms with E-state index < -0.39 is 0 Å². The number of nitrogens with zero attached hydrogens (tertiary/aromatic N) is 2. The van der Waals surface area contributed by atoms with Gasteiger partial charge in [-0.3, -0.25) is 4.68 Å². The summed E-state index contributed by atoms with van der Waals surface area (Å²) in [6.45, 7) is 10.3. The van der Waals surface area contributed by atoms with Crippen LogP contribution in [0.15, 0.2) is 24.3 Å². The summed E-state index contributed by atoms with van der Waals surface area (Å²) in [5, 5.41) is 9.03. The van der Waals surface area contributed by atoms with Gasteiger partial charge in [-0.05, 0) is 44.5 Å². The molecule has 1 N–H and O–H groups in total. The molecule has 114 valence electrons. The SMILES string of the molecule is CCNC(CC)c1c(C)nn(Cc2cccc(Cl)c2)c1C. The number of benzene rings is 1. The number of rotatable bonds is 6. The zero-order valence-electron chi connectivity index (χ0n) is 13.3. The van der Waals surface area contributed by atoms with Crippen LogP contribution in [0, 0.1) is 13.8 Å². The van der Waals surface area contributed by atoms with Crippen LogP contribution >= 0.6 is 11.6 Å². The lowest BCUT2D eigenvalue weighted by Crippen LogP contribution is -2.21. The maximum absolute atomic E-state index is 6.06. The molecular formula is C17H24ClN3. The van der Waals surface area contributed by atoms with Gasteiger partial charge in [0.1, 0.15) is 0 Å². The van der Waals surface area contributed by atoms with Crippen LogP contribution in [0.4, 0.5) is 0 Å². The van der Waals surface area contributed by atoms with Gasteiger partial charge in [0.25, 0.3) is 0 Å². The number of aromatic nitrogens is 2. The molecule has 0 amide bonds. The highest BCUT2D eigenvalue weighted by atomic mass is 35.5. The Morgan fingerprint density at radius 3 is 2.67 bits per heavy atom. The lowest BCUT2D eigenvalue weighted by atomic mass is 10.0. The lowest BCUT2D eigenvalue weighted by Gasteiger charge is -2.16. The molecular weight excluding hydrogens is 282 g/mol. The van der Waals surface area contributed by atoms with Crippen LogP contribution in [0.25, 0.3) is 0 Å². The Hall–Kier alpha value is -1.32.